The van der Waals surface area contributed by atoms with Crippen molar-refractivity contribution >= 4 is 17.5 Å². The van der Waals surface area contributed by atoms with Gasteiger partial charge in [-0.3, -0.25) is 9.59 Å². The minimum atomic E-state index is -0.296. The maximum Gasteiger partial charge on any atom is 0.256 e. The van der Waals surface area contributed by atoms with Crippen LogP contribution in [0.25, 0.3) is 0 Å². The van der Waals surface area contributed by atoms with E-state index in [1.165, 1.54) is 14.2 Å². The minimum absolute atomic E-state index is 0.155. The standard InChI is InChI=1S/C21H25N3O4/c1-14-13-24(10-9-22-14)21(26)16-11-18(27-2)19(28-3)12-17(16)23-20(25)15-7-5-4-6-8-15/h4-8,11-12,14,22H,9-10,13H2,1-3H3,(H,23,25). The zero-order valence-electron chi connectivity index (χ0n) is 16.3. The average molecular weight is 383 g/mol. The Morgan fingerprint density at radius 1 is 1.11 bits per heavy atom. The summed E-state index contributed by atoms with van der Waals surface area (Å²) in [7, 11) is 3.03. The van der Waals surface area contributed by atoms with Gasteiger partial charge < -0.3 is 25.0 Å². The number of anilines is 1. The van der Waals surface area contributed by atoms with E-state index in [-0.39, 0.29) is 17.9 Å². The smallest absolute Gasteiger partial charge is 0.256 e. The molecule has 0 bridgehead atoms. The lowest BCUT2D eigenvalue weighted by Gasteiger charge is -2.32. The van der Waals surface area contributed by atoms with Crippen molar-refractivity contribution in [3.05, 3.63) is 53.6 Å². The van der Waals surface area contributed by atoms with Gasteiger partial charge in [-0.1, -0.05) is 18.2 Å². The number of hydrogen-bond acceptors (Lipinski definition) is 5. The van der Waals surface area contributed by atoms with Gasteiger partial charge in [0.05, 0.1) is 25.5 Å². The molecule has 1 heterocycles. The number of rotatable bonds is 5. The molecule has 2 amide bonds. The van der Waals surface area contributed by atoms with Gasteiger partial charge in [0, 0.05) is 37.3 Å². The van der Waals surface area contributed by atoms with E-state index in [0.717, 1.165) is 6.54 Å². The molecule has 0 spiro atoms. The van der Waals surface area contributed by atoms with E-state index >= 15 is 0 Å². The van der Waals surface area contributed by atoms with Crippen LogP contribution in [-0.2, 0) is 0 Å². The van der Waals surface area contributed by atoms with Crippen molar-refractivity contribution in [1.82, 2.24) is 10.2 Å². The van der Waals surface area contributed by atoms with Crippen molar-refractivity contribution in [1.29, 1.82) is 0 Å². The lowest BCUT2D eigenvalue weighted by Crippen LogP contribution is -2.51. The number of carbonyl (C=O) groups excluding carboxylic acids is 2. The fourth-order valence-corrected chi connectivity index (χ4v) is 3.23. The van der Waals surface area contributed by atoms with Gasteiger partial charge in [-0.25, -0.2) is 0 Å². The molecule has 7 nitrogen and oxygen atoms in total. The molecule has 1 unspecified atom stereocenters. The fraction of sp³-hybridized carbons (Fsp3) is 0.333. The van der Waals surface area contributed by atoms with Gasteiger partial charge in [-0.05, 0) is 25.1 Å². The van der Waals surface area contributed by atoms with E-state index in [9.17, 15) is 9.59 Å². The van der Waals surface area contributed by atoms with Gasteiger partial charge in [-0.2, -0.15) is 0 Å². The van der Waals surface area contributed by atoms with E-state index in [1.54, 1.807) is 41.3 Å². The summed E-state index contributed by atoms with van der Waals surface area (Å²) in [5.74, 6) is 0.427. The van der Waals surface area contributed by atoms with Crippen molar-refractivity contribution in [2.75, 3.05) is 39.2 Å². The van der Waals surface area contributed by atoms with Gasteiger partial charge in [0.2, 0.25) is 0 Å². The number of ether oxygens (including phenoxy) is 2. The van der Waals surface area contributed by atoms with E-state index in [1.807, 2.05) is 13.0 Å². The molecule has 148 valence electrons. The second-order valence-corrected chi connectivity index (χ2v) is 6.68. The van der Waals surface area contributed by atoms with Crippen LogP contribution in [0, 0.1) is 0 Å². The Kier molecular flexibility index (Phi) is 6.16. The Hall–Kier alpha value is -3.06. The molecule has 7 heteroatoms. The average Bonchev–Trinajstić information content (AvgIpc) is 2.73. The quantitative estimate of drug-likeness (QED) is 0.829. The summed E-state index contributed by atoms with van der Waals surface area (Å²) in [6.07, 6.45) is 0. The molecular formula is C21H25N3O4. The molecule has 0 radical (unpaired) electrons. The van der Waals surface area contributed by atoms with E-state index in [2.05, 4.69) is 10.6 Å². The monoisotopic (exact) mass is 383 g/mol. The number of hydrogen-bond donors (Lipinski definition) is 2. The second kappa shape index (κ2) is 8.75. The van der Waals surface area contributed by atoms with E-state index in [4.69, 9.17) is 9.47 Å². The third kappa shape index (κ3) is 4.26. The second-order valence-electron chi connectivity index (χ2n) is 6.68. The Bertz CT molecular complexity index is 854. The Morgan fingerprint density at radius 3 is 2.43 bits per heavy atom. The molecule has 3 rings (SSSR count). The highest BCUT2D eigenvalue weighted by Gasteiger charge is 2.26. The van der Waals surface area contributed by atoms with Gasteiger partial charge in [-0.15, -0.1) is 0 Å². The van der Waals surface area contributed by atoms with Gasteiger partial charge in [0.15, 0.2) is 11.5 Å². The van der Waals surface area contributed by atoms with Crippen LogP contribution < -0.4 is 20.1 Å². The summed E-state index contributed by atoms with van der Waals surface area (Å²) < 4.78 is 10.7. The first-order valence-corrected chi connectivity index (χ1v) is 9.18. The highest BCUT2D eigenvalue weighted by molar-refractivity contribution is 6.09. The first kappa shape index (κ1) is 19.7. The molecule has 1 aliphatic rings. The Balaban J connectivity index is 1.97. The number of carbonyl (C=O) groups is 2. The largest absolute Gasteiger partial charge is 0.493 e. The molecule has 1 saturated heterocycles. The maximum absolute atomic E-state index is 13.2. The summed E-state index contributed by atoms with van der Waals surface area (Å²) in [5.41, 5.74) is 1.27. The van der Waals surface area contributed by atoms with Crippen LogP contribution in [0.3, 0.4) is 0 Å². The zero-order chi connectivity index (χ0) is 20.1. The molecule has 1 atom stereocenters. The fourth-order valence-electron chi connectivity index (χ4n) is 3.23. The minimum Gasteiger partial charge on any atom is -0.493 e. The van der Waals surface area contributed by atoms with Crippen LogP contribution in [0.5, 0.6) is 11.5 Å². The molecule has 1 fully saturated rings. The highest BCUT2D eigenvalue weighted by atomic mass is 16.5. The van der Waals surface area contributed by atoms with Gasteiger partial charge in [0.25, 0.3) is 11.8 Å². The molecule has 0 aliphatic carbocycles. The summed E-state index contributed by atoms with van der Waals surface area (Å²) in [6, 6.07) is 12.3. The van der Waals surface area contributed by atoms with Crippen LogP contribution >= 0.6 is 0 Å². The van der Waals surface area contributed by atoms with E-state index < -0.39 is 0 Å². The Morgan fingerprint density at radius 2 is 1.79 bits per heavy atom. The maximum atomic E-state index is 13.2. The van der Waals surface area contributed by atoms with Crippen LogP contribution in [0.15, 0.2) is 42.5 Å². The lowest BCUT2D eigenvalue weighted by atomic mass is 10.1. The summed E-state index contributed by atoms with van der Waals surface area (Å²) >= 11 is 0. The van der Waals surface area contributed by atoms with Crippen LogP contribution in [0.4, 0.5) is 5.69 Å². The first-order valence-electron chi connectivity index (χ1n) is 9.18. The number of nitrogens with zero attached hydrogens (tertiary/aromatic N) is 1. The summed E-state index contributed by atoms with van der Waals surface area (Å²) in [4.78, 5) is 27.6. The third-order valence-corrected chi connectivity index (χ3v) is 4.69. The first-order chi connectivity index (χ1) is 13.5. The molecule has 1 aliphatic heterocycles. The third-order valence-electron chi connectivity index (χ3n) is 4.69. The molecule has 0 aromatic heterocycles. The summed E-state index contributed by atoms with van der Waals surface area (Å²) in [6.45, 7) is 3.96. The number of benzene rings is 2. The van der Waals surface area contributed by atoms with Gasteiger partial charge in [0.1, 0.15) is 0 Å². The summed E-state index contributed by atoms with van der Waals surface area (Å²) in [5, 5.41) is 6.17. The molecule has 28 heavy (non-hydrogen) atoms. The van der Waals surface area contributed by atoms with Crippen molar-refractivity contribution in [2.45, 2.75) is 13.0 Å². The number of piperazine rings is 1. The topological polar surface area (TPSA) is 79.9 Å². The van der Waals surface area contributed by atoms with Crippen molar-refractivity contribution in [3.8, 4) is 11.5 Å². The molecule has 2 N–H and O–H groups in total. The predicted octanol–water partition coefficient (Wildman–Crippen LogP) is 2.39. The van der Waals surface area contributed by atoms with Crippen LogP contribution in [0.2, 0.25) is 0 Å². The normalized spacial score (nSPS) is 16.4. The van der Waals surface area contributed by atoms with Gasteiger partial charge >= 0.3 is 0 Å². The number of nitrogens with one attached hydrogen (secondary N) is 2. The van der Waals surface area contributed by atoms with Crippen LogP contribution in [-0.4, -0.2) is 56.6 Å². The number of amides is 2. The highest BCUT2D eigenvalue weighted by Crippen LogP contribution is 2.34. The SMILES string of the molecule is COc1cc(NC(=O)c2ccccc2)c(C(=O)N2CCNC(C)C2)cc1OC. The zero-order valence-corrected chi connectivity index (χ0v) is 16.3. The molecule has 2 aromatic rings. The van der Waals surface area contributed by atoms with E-state index in [0.29, 0.717) is 41.4 Å². The van der Waals surface area contributed by atoms with Crippen molar-refractivity contribution < 1.29 is 19.1 Å². The van der Waals surface area contributed by atoms with Crippen molar-refractivity contribution in [2.24, 2.45) is 0 Å². The Labute approximate surface area is 164 Å². The predicted molar refractivity (Wildman–Crippen MR) is 107 cm³/mol. The lowest BCUT2D eigenvalue weighted by molar-refractivity contribution is 0.0709. The number of methoxy groups -OCH3 is 2. The molecule has 2 aromatic carbocycles. The van der Waals surface area contributed by atoms with Crippen LogP contribution in [0.1, 0.15) is 27.6 Å². The van der Waals surface area contributed by atoms with Crippen molar-refractivity contribution in [3.63, 3.8) is 0 Å². The molecular weight excluding hydrogens is 358 g/mol. The molecule has 0 saturated carbocycles.